The summed E-state index contributed by atoms with van der Waals surface area (Å²) >= 11 is 0. The van der Waals surface area contributed by atoms with E-state index < -0.39 is 0 Å². The van der Waals surface area contributed by atoms with Gasteiger partial charge in [-0.2, -0.15) is 0 Å². The van der Waals surface area contributed by atoms with Crippen molar-refractivity contribution in [3.63, 3.8) is 0 Å². The highest BCUT2D eigenvalue weighted by Crippen LogP contribution is 2.23. The molecule has 1 atom stereocenters. The summed E-state index contributed by atoms with van der Waals surface area (Å²) in [6.45, 7) is 2.71. The summed E-state index contributed by atoms with van der Waals surface area (Å²) in [5, 5.41) is 5.81. The normalized spacial score (nSPS) is 12.5. The first-order chi connectivity index (χ1) is 8.68. The van der Waals surface area contributed by atoms with E-state index in [0.717, 1.165) is 0 Å². The van der Waals surface area contributed by atoms with Gasteiger partial charge < -0.3 is 11.1 Å². The molecular weight excluding hydrogens is 224 g/mol. The molecule has 3 heteroatoms. The van der Waals surface area contributed by atoms with Gasteiger partial charge in [0.15, 0.2) is 0 Å². The molecule has 0 radical (unpaired) electrons. The number of rotatable bonds is 5. The Morgan fingerprint density at radius 3 is 2.72 bits per heavy atom. The number of carbonyl (C=O) groups is 1. The monoisotopic (exact) mass is 242 g/mol. The summed E-state index contributed by atoms with van der Waals surface area (Å²) in [5.41, 5.74) is 6.38. The smallest absolute Gasteiger partial charge is 0.218 e. The van der Waals surface area contributed by atoms with Crippen molar-refractivity contribution in [2.24, 2.45) is 5.73 Å². The molecule has 0 heterocycles. The quantitative estimate of drug-likeness (QED) is 0.845. The Hall–Kier alpha value is -1.87. The van der Waals surface area contributed by atoms with Crippen LogP contribution in [0.3, 0.4) is 0 Å². The SMILES string of the molecule is CC(NCCC(N)=O)c1cccc2ccccc12. The fraction of sp³-hybridized carbons (Fsp3) is 0.267. The highest BCUT2D eigenvalue weighted by molar-refractivity contribution is 5.86. The van der Waals surface area contributed by atoms with Crippen LogP contribution in [0.1, 0.15) is 24.9 Å². The second-order valence-electron chi connectivity index (χ2n) is 4.46. The molecule has 3 nitrogen and oxygen atoms in total. The van der Waals surface area contributed by atoms with Crippen LogP contribution >= 0.6 is 0 Å². The van der Waals surface area contributed by atoms with E-state index in [1.54, 1.807) is 0 Å². The van der Waals surface area contributed by atoms with E-state index in [2.05, 4.69) is 42.6 Å². The first kappa shape index (κ1) is 12.6. The molecule has 94 valence electrons. The molecule has 18 heavy (non-hydrogen) atoms. The van der Waals surface area contributed by atoms with Gasteiger partial charge in [-0.1, -0.05) is 42.5 Å². The molecule has 0 bridgehead atoms. The number of fused-ring (bicyclic) bond motifs is 1. The second kappa shape index (κ2) is 5.65. The standard InChI is InChI=1S/C15H18N2O/c1-11(17-10-9-15(16)18)13-8-4-6-12-5-2-3-7-14(12)13/h2-8,11,17H,9-10H2,1H3,(H2,16,18). The summed E-state index contributed by atoms with van der Waals surface area (Å²) in [6.07, 6.45) is 0.370. The molecule has 0 aliphatic carbocycles. The Labute approximate surface area is 107 Å². The van der Waals surface area contributed by atoms with Gasteiger partial charge in [0.05, 0.1) is 0 Å². The number of amides is 1. The maximum atomic E-state index is 10.7. The number of hydrogen-bond donors (Lipinski definition) is 2. The van der Waals surface area contributed by atoms with Crippen molar-refractivity contribution >= 4 is 16.7 Å². The molecule has 2 aromatic rings. The fourth-order valence-corrected chi connectivity index (χ4v) is 2.15. The lowest BCUT2D eigenvalue weighted by Crippen LogP contribution is -2.24. The van der Waals surface area contributed by atoms with E-state index in [9.17, 15) is 4.79 Å². The van der Waals surface area contributed by atoms with Crippen LogP contribution in [-0.4, -0.2) is 12.5 Å². The minimum absolute atomic E-state index is 0.204. The number of primary amides is 1. The minimum Gasteiger partial charge on any atom is -0.370 e. The lowest BCUT2D eigenvalue weighted by Gasteiger charge is -2.16. The zero-order chi connectivity index (χ0) is 13.0. The van der Waals surface area contributed by atoms with Crippen LogP contribution < -0.4 is 11.1 Å². The van der Waals surface area contributed by atoms with Crippen molar-refractivity contribution in [3.8, 4) is 0 Å². The van der Waals surface area contributed by atoms with Gasteiger partial charge in [-0.25, -0.2) is 0 Å². The Bertz CT molecular complexity index is 546. The zero-order valence-electron chi connectivity index (χ0n) is 10.5. The van der Waals surface area contributed by atoms with Crippen molar-refractivity contribution in [2.75, 3.05) is 6.54 Å². The topological polar surface area (TPSA) is 55.1 Å². The third kappa shape index (κ3) is 2.87. The first-order valence-electron chi connectivity index (χ1n) is 6.18. The molecule has 2 rings (SSSR count). The van der Waals surface area contributed by atoms with E-state index in [1.165, 1.54) is 16.3 Å². The minimum atomic E-state index is -0.271. The third-order valence-corrected chi connectivity index (χ3v) is 3.11. The Balaban J connectivity index is 2.17. The molecular formula is C15H18N2O. The first-order valence-corrected chi connectivity index (χ1v) is 6.18. The molecule has 0 spiro atoms. The Kier molecular flexibility index (Phi) is 3.95. The van der Waals surface area contributed by atoms with Crippen molar-refractivity contribution in [3.05, 3.63) is 48.0 Å². The second-order valence-corrected chi connectivity index (χ2v) is 4.46. The van der Waals surface area contributed by atoms with Crippen molar-refractivity contribution in [1.29, 1.82) is 0 Å². The van der Waals surface area contributed by atoms with Gasteiger partial charge in [0, 0.05) is 19.0 Å². The molecule has 0 aromatic heterocycles. The van der Waals surface area contributed by atoms with Crippen LogP contribution in [0, 0.1) is 0 Å². The summed E-state index contributed by atoms with van der Waals surface area (Å²) < 4.78 is 0. The van der Waals surface area contributed by atoms with E-state index in [4.69, 9.17) is 5.73 Å². The zero-order valence-corrected chi connectivity index (χ0v) is 10.5. The predicted molar refractivity (Wildman–Crippen MR) is 74.2 cm³/mol. The lowest BCUT2D eigenvalue weighted by atomic mass is 10.00. The van der Waals surface area contributed by atoms with Gasteiger partial charge in [0.2, 0.25) is 5.91 Å². The fourth-order valence-electron chi connectivity index (χ4n) is 2.15. The number of carbonyl (C=O) groups excluding carboxylic acids is 1. The lowest BCUT2D eigenvalue weighted by molar-refractivity contribution is -0.117. The molecule has 2 aromatic carbocycles. The van der Waals surface area contributed by atoms with Gasteiger partial charge in [0.1, 0.15) is 0 Å². The van der Waals surface area contributed by atoms with Gasteiger partial charge in [-0.05, 0) is 23.3 Å². The molecule has 3 N–H and O–H groups in total. The highest BCUT2D eigenvalue weighted by atomic mass is 16.1. The Morgan fingerprint density at radius 1 is 1.22 bits per heavy atom. The maximum Gasteiger partial charge on any atom is 0.218 e. The summed E-state index contributed by atoms with van der Waals surface area (Å²) in [5.74, 6) is -0.271. The predicted octanol–water partition coefficient (Wildman–Crippen LogP) is 2.37. The molecule has 0 aliphatic rings. The summed E-state index contributed by atoms with van der Waals surface area (Å²) in [7, 11) is 0. The molecule has 0 fully saturated rings. The maximum absolute atomic E-state index is 10.7. The average Bonchev–Trinajstić information content (AvgIpc) is 2.37. The molecule has 1 amide bonds. The number of benzene rings is 2. The van der Waals surface area contributed by atoms with Crippen molar-refractivity contribution < 1.29 is 4.79 Å². The summed E-state index contributed by atoms with van der Waals surface area (Å²) in [6, 6.07) is 14.8. The largest absolute Gasteiger partial charge is 0.370 e. The van der Waals surface area contributed by atoms with E-state index in [1.807, 2.05) is 12.1 Å². The molecule has 1 unspecified atom stereocenters. The van der Waals surface area contributed by atoms with Crippen molar-refractivity contribution in [2.45, 2.75) is 19.4 Å². The molecule has 0 aliphatic heterocycles. The highest BCUT2D eigenvalue weighted by Gasteiger charge is 2.08. The van der Waals surface area contributed by atoms with Gasteiger partial charge >= 0.3 is 0 Å². The van der Waals surface area contributed by atoms with Crippen LogP contribution in [0.5, 0.6) is 0 Å². The number of hydrogen-bond acceptors (Lipinski definition) is 2. The van der Waals surface area contributed by atoms with Crippen LogP contribution in [0.15, 0.2) is 42.5 Å². The van der Waals surface area contributed by atoms with Crippen LogP contribution in [0.4, 0.5) is 0 Å². The van der Waals surface area contributed by atoms with E-state index >= 15 is 0 Å². The van der Waals surface area contributed by atoms with E-state index in [-0.39, 0.29) is 11.9 Å². The van der Waals surface area contributed by atoms with E-state index in [0.29, 0.717) is 13.0 Å². The number of nitrogens with two attached hydrogens (primary N) is 1. The number of nitrogens with one attached hydrogen (secondary N) is 1. The third-order valence-electron chi connectivity index (χ3n) is 3.11. The van der Waals surface area contributed by atoms with Gasteiger partial charge in [-0.15, -0.1) is 0 Å². The van der Waals surface area contributed by atoms with Crippen molar-refractivity contribution in [1.82, 2.24) is 5.32 Å². The van der Waals surface area contributed by atoms with Gasteiger partial charge in [-0.3, -0.25) is 4.79 Å². The van der Waals surface area contributed by atoms with Crippen LogP contribution in [0.25, 0.3) is 10.8 Å². The summed E-state index contributed by atoms with van der Waals surface area (Å²) in [4.78, 5) is 10.7. The Morgan fingerprint density at radius 2 is 1.94 bits per heavy atom. The molecule has 0 saturated carbocycles. The molecule has 0 saturated heterocycles. The van der Waals surface area contributed by atoms with Gasteiger partial charge in [0.25, 0.3) is 0 Å². The average molecular weight is 242 g/mol. The van der Waals surface area contributed by atoms with Crippen LogP contribution in [-0.2, 0) is 4.79 Å². The van der Waals surface area contributed by atoms with Crippen LogP contribution in [0.2, 0.25) is 0 Å².